The molecule has 6 nitrogen and oxygen atoms in total. The van der Waals surface area contributed by atoms with Crippen molar-refractivity contribution in [2.45, 2.75) is 6.42 Å². The van der Waals surface area contributed by atoms with Crippen LogP contribution in [0.2, 0.25) is 0 Å². The van der Waals surface area contributed by atoms with E-state index in [9.17, 15) is 0 Å². The highest BCUT2D eigenvalue weighted by molar-refractivity contribution is 8.26. The highest BCUT2D eigenvalue weighted by Gasteiger charge is 2.07. The highest BCUT2D eigenvalue weighted by atomic mass is 32.2. The maximum Gasteiger partial charge on any atom is 0.173 e. The van der Waals surface area contributed by atoms with Gasteiger partial charge in [0.2, 0.25) is 0 Å². The van der Waals surface area contributed by atoms with Gasteiger partial charge in [0, 0.05) is 6.42 Å². The van der Waals surface area contributed by atoms with E-state index in [2.05, 4.69) is 10.1 Å². The lowest BCUT2D eigenvalue weighted by Crippen LogP contribution is -2.16. The Morgan fingerprint density at radius 2 is 2.42 bits per heavy atom. The molecule has 0 saturated carbocycles. The van der Waals surface area contributed by atoms with E-state index in [1.54, 1.807) is 0 Å². The third-order valence-corrected chi connectivity index (χ3v) is 1.56. The molecule has 0 aromatic heterocycles. The van der Waals surface area contributed by atoms with E-state index in [0.29, 0.717) is 18.9 Å². The van der Waals surface area contributed by atoms with Crippen molar-refractivity contribution in [3.8, 4) is 0 Å². The predicted octanol–water partition coefficient (Wildman–Crippen LogP) is -0.338. The van der Waals surface area contributed by atoms with E-state index >= 15 is 0 Å². The van der Waals surface area contributed by atoms with Crippen molar-refractivity contribution >= 4 is 27.9 Å². The predicted molar refractivity (Wildman–Crippen MR) is 49.1 cm³/mol. The first-order valence-corrected chi connectivity index (χ1v) is 4.05. The summed E-state index contributed by atoms with van der Waals surface area (Å²) in [6, 6.07) is 0. The van der Waals surface area contributed by atoms with Crippen molar-refractivity contribution in [3.05, 3.63) is 0 Å². The second-order valence-corrected chi connectivity index (χ2v) is 3.07. The number of nitrogens with one attached hydrogen (secondary N) is 1. The molecular weight excluding hydrogens is 178 g/mol. The number of nitrogens with zero attached hydrogens (tertiary/aromatic N) is 2. The fourth-order valence-corrected chi connectivity index (χ4v) is 1.02. The molecule has 0 bridgehead atoms. The van der Waals surface area contributed by atoms with Gasteiger partial charge in [0.15, 0.2) is 16.2 Å². The van der Waals surface area contributed by atoms with Crippen LogP contribution in [0.25, 0.3) is 0 Å². The molecule has 0 aromatic carbocycles. The van der Waals surface area contributed by atoms with E-state index < -0.39 is 0 Å². The summed E-state index contributed by atoms with van der Waals surface area (Å²) in [4.78, 5) is 8.57. The van der Waals surface area contributed by atoms with Crippen LogP contribution in [-0.4, -0.2) is 22.8 Å². The van der Waals surface area contributed by atoms with Crippen LogP contribution in [-0.2, 0) is 4.84 Å². The van der Waals surface area contributed by atoms with E-state index in [1.807, 2.05) is 0 Å². The van der Waals surface area contributed by atoms with Crippen molar-refractivity contribution in [3.63, 3.8) is 0 Å². The second kappa shape index (κ2) is 3.96. The molecule has 0 fully saturated rings. The molecule has 0 atom stereocenters. The fraction of sp³-hybridized carbons (Fsp3) is 0.400. The topological polar surface area (TPSA) is 110 Å². The lowest BCUT2D eigenvalue weighted by atomic mass is 10.4. The standard InChI is InChI=1S/C5H9N5OS/c6-4(7)12-5(8)9-3-1-2-11-10-3/h1-2H2,(H3,6,7)(H2,8,9,10). The summed E-state index contributed by atoms with van der Waals surface area (Å²) < 4.78 is 0. The van der Waals surface area contributed by atoms with Gasteiger partial charge in [0.25, 0.3) is 0 Å². The molecule has 0 spiro atoms. The van der Waals surface area contributed by atoms with Crippen LogP contribution in [0.5, 0.6) is 0 Å². The molecule has 5 N–H and O–H groups in total. The summed E-state index contributed by atoms with van der Waals surface area (Å²) in [6.07, 6.45) is 0.652. The third-order valence-electron chi connectivity index (χ3n) is 1.04. The third kappa shape index (κ3) is 2.79. The smallest absolute Gasteiger partial charge is 0.173 e. The molecule has 0 aromatic rings. The van der Waals surface area contributed by atoms with Gasteiger partial charge >= 0.3 is 0 Å². The normalized spacial score (nSPS) is 17.0. The first-order valence-electron chi connectivity index (χ1n) is 3.23. The first kappa shape index (κ1) is 8.85. The Labute approximate surface area is 73.5 Å². The van der Waals surface area contributed by atoms with E-state index in [0.717, 1.165) is 11.8 Å². The zero-order valence-corrected chi connectivity index (χ0v) is 7.10. The average Bonchev–Trinajstić information content (AvgIpc) is 2.37. The van der Waals surface area contributed by atoms with Crippen LogP contribution in [0.15, 0.2) is 10.1 Å². The van der Waals surface area contributed by atoms with Gasteiger partial charge in [-0.15, -0.1) is 0 Å². The molecule has 0 aliphatic carbocycles. The molecule has 1 heterocycles. The summed E-state index contributed by atoms with van der Waals surface area (Å²) in [5.74, 6) is 0.543. The van der Waals surface area contributed by atoms with Gasteiger partial charge in [-0.3, -0.25) is 5.41 Å². The molecule has 0 saturated heterocycles. The molecule has 1 aliphatic rings. The van der Waals surface area contributed by atoms with Crippen LogP contribution in [0, 0.1) is 5.41 Å². The summed E-state index contributed by atoms with van der Waals surface area (Å²) in [5, 5.41) is 10.6. The van der Waals surface area contributed by atoms with Gasteiger partial charge in [-0.25, -0.2) is 4.99 Å². The monoisotopic (exact) mass is 187 g/mol. The zero-order valence-electron chi connectivity index (χ0n) is 6.28. The molecule has 0 unspecified atom stereocenters. The molecule has 7 heteroatoms. The minimum Gasteiger partial charge on any atom is -0.394 e. The first-order chi connectivity index (χ1) is 5.68. The highest BCUT2D eigenvalue weighted by Crippen LogP contribution is 2.04. The number of thioether (sulfide) groups is 1. The summed E-state index contributed by atoms with van der Waals surface area (Å²) >= 11 is 0.894. The molecule has 12 heavy (non-hydrogen) atoms. The second-order valence-electron chi connectivity index (χ2n) is 2.01. The number of oxime groups is 1. The van der Waals surface area contributed by atoms with Crippen LogP contribution in [0.3, 0.4) is 0 Å². The minimum absolute atomic E-state index is 0.0873. The van der Waals surface area contributed by atoms with Crippen LogP contribution < -0.4 is 11.5 Å². The van der Waals surface area contributed by atoms with Crippen molar-refractivity contribution in [1.29, 1.82) is 5.41 Å². The molecule has 1 rings (SSSR count). The molecule has 0 radical (unpaired) electrons. The number of hydrogen-bond donors (Lipinski definition) is 3. The fourth-order valence-electron chi connectivity index (χ4n) is 0.642. The van der Waals surface area contributed by atoms with Crippen molar-refractivity contribution in [1.82, 2.24) is 0 Å². The van der Waals surface area contributed by atoms with E-state index in [1.165, 1.54) is 0 Å². The summed E-state index contributed by atoms with van der Waals surface area (Å²) in [7, 11) is 0. The van der Waals surface area contributed by atoms with Crippen LogP contribution in [0.1, 0.15) is 6.42 Å². The molecule has 66 valence electrons. The Morgan fingerprint density at radius 1 is 1.67 bits per heavy atom. The Hall–Kier alpha value is -1.24. The Morgan fingerprint density at radius 3 is 2.92 bits per heavy atom. The Kier molecular flexibility index (Phi) is 2.92. The quantitative estimate of drug-likeness (QED) is 0.356. The number of aliphatic imine (C=N–C) groups is 1. The summed E-state index contributed by atoms with van der Waals surface area (Å²) in [6.45, 7) is 0.539. The molecule has 0 amide bonds. The molecular formula is C5H9N5OS. The van der Waals surface area contributed by atoms with Crippen molar-refractivity contribution in [2.24, 2.45) is 21.6 Å². The van der Waals surface area contributed by atoms with Crippen molar-refractivity contribution < 1.29 is 4.84 Å². The lowest BCUT2D eigenvalue weighted by molar-refractivity contribution is 0.173. The zero-order chi connectivity index (χ0) is 8.97. The lowest BCUT2D eigenvalue weighted by Gasteiger charge is -1.95. The van der Waals surface area contributed by atoms with Crippen LogP contribution >= 0.6 is 11.8 Å². The van der Waals surface area contributed by atoms with Gasteiger partial charge in [-0.05, 0) is 11.8 Å². The van der Waals surface area contributed by atoms with Crippen molar-refractivity contribution in [2.75, 3.05) is 6.61 Å². The minimum atomic E-state index is -0.0873. The van der Waals surface area contributed by atoms with Gasteiger partial charge in [0.1, 0.15) is 6.61 Å². The SMILES string of the molecule is N=C(N)SC(N)=NC1=NOCC1. The maximum absolute atomic E-state index is 6.91. The van der Waals surface area contributed by atoms with Gasteiger partial charge in [-0.1, -0.05) is 5.16 Å². The number of hydrogen-bond acceptors (Lipinski definition) is 5. The average molecular weight is 187 g/mol. The van der Waals surface area contributed by atoms with Gasteiger partial charge in [0.05, 0.1) is 0 Å². The van der Waals surface area contributed by atoms with Crippen LogP contribution in [0.4, 0.5) is 0 Å². The Bertz CT molecular complexity index is 248. The number of amidine groups is 3. The number of rotatable bonds is 0. The van der Waals surface area contributed by atoms with Gasteiger partial charge < -0.3 is 16.3 Å². The summed E-state index contributed by atoms with van der Waals surface area (Å²) in [5.41, 5.74) is 10.5. The number of nitrogens with two attached hydrogens (primary N) is 2. The van der Waals surface area contributed by atoms with Gasteiger partial charge in [-0.2, -0.15) is 0 Å². The van der Waals surface area contributed by atoms with E-state index in [4.69, 9.17) is 21.7 Å². The van der Waals surface area contributed by atoms with E-state index in [-0.39, 0.29) is 10.3 Å². The molecule has 1 aliphatic heterocycles. The Balaban J connectivity index is 2.49. The largest absolute Gasteiger partial charge is 0.394 e. The maximum atomic E-state index is 6.91.